The van der Waals surface area contributed by atoms with E-state index in [9.17, 15) is 0 Å². The van der Waals surface area contributed by atoms with Gasteiger partial charge in [0.25, 0.3) is 0 Å². The van der Waals surface area contributed by atoms with Crippen molar-refractivity contribution in [2.24, 2.45) is 0 Å². The summed E-state index contributed by atoms with van der Waals surface area (Å²) in [5, 5.41) is 4.02. The molecule has 1 aromatic carbocycles. The first-order valence-corrected chi connectivity index (χ1v) is 6.30. The summed E-state index contributed by atoms with van der Waals surface area (Å²) >= 11 is 5.96. The summed E-state index contributed by atoms with van der Waals surface area (Å²) in [7, 11) is 0. The Morgan fingerprint density at radius 3 is 2.75 bits per heavy atom. The quantitative estimate of drug-likeness (QED) is 0.704. The molecular weight excluding hydrogens is 222 g/mol. The summed E-state index contributed by atoms with van der Waals surface area (Å²) in [5.74, 6) is 0.763. The van der Waals surface area contributed by atoms with E-state index in [4.69, 9.17) is 16.3 Å². The van der Waals surface area contributed by atoms with Crippen LogP contribution < -0.4 is 10.1 Å². The van der Waals surface area contributed by atoms with Crippen LogP contribution in [0, 0.1) is 0 Å². The Kier molecular flexibility index (Phi) is 7.02. The van der Waals surface area contributed by atoms with Gasteiger partial charge in [-0.25, -0.2) is 0 Å². The van der Waals surface area contributed by atoms with Crippen LogP contribution in [-0.2, 0) is 0 Å². The molecule has 0 heterocycles. The van der Waals surface area contributed by atoms with E-state index in [2.05, 4.69) is 12.2 Å². The number of halogens is 1. The SMILES string of the molecule is CCCCCNCCOc1ccccc1Cl. The van der Waals surface area contributed by atoms with Crippen molar-refractivity contribution >= 4 is 11.6 Å². The van der Waals surface area contributed by atoms with Gasteiger partial charge in [0.2, 0.25) is 0 Å². The fraction of sp³-hybridized carbons (Fsp3) is 0.538. The summed E-state index contributed by atoms with van der Waals surface area (Å²) in [6.07, 6.45) is 3.79. The number of rotatable bonds is 8. The zero-order valence-corrected chi connectivity index (χ0v) is 10.6. The molecule has 1 aromatic rings. The lowest BCUT2D eigenvalue weighted by atomic mass is 10.2. The lowest BCUT2D eigenvalue weighted by Gasteiger charge is -2.08. The maximum absolute atomic E-state index is 5.96. The van der Waals surface area contributed by atoms with E-state index in [1.165, 1.54) is 19.3 Å². The maximum atomic E-state index is 5.96. The highest BCUT2D eigenvalue weighted by Gasteiger charge is 1.98. The van der Waals surface area contributed by atoms with Gasteiger partial charge in [-0.3, -0.25) is 0 Å². The summed E-state index contributed by atoms with van der Waals surface area (Å²) < 4.78 is 5.55. The van der Waals surface area contributed by atoms with Crippen molar-refractivity contribution in [3.8, 4) is 5.75 Å². The number of para-hydroxylation sites is 1. The second-order valence-corrected chi connectivity index (χ2v) is 4.14. The van der Waals surface area contributed by atoms with E-state index in [0.717, 1.165) is 18.8 Å². The molecule has 0 aliphatic heterocycles. The molecule has 0 atom stereocenters. The number of nitrogens with one attached hydrogen (secondary N) is 1. The van der Waals surface area contributed by atoms with E-state index in [1.807, 2.05) is 24.3 Å². The highest BCUT2D eigenvalue weighted by atomic mass is 35.5. The molecule has 90 valence electrons. The minimum Gasteiger partial charge on any atom is -0.491 e. The van der Waals surface area contributed by atoms with E-state index in [-0.39, 0.29) is 0 Å². The lowest BCUT2D eigenvalue weighted by Crippen LogP contribution is -2.22. The number of hydrogen-bond donors (Lipinski definition) is 1. The molecule has 3 heteroatoms. The third-order valence-electron chi connectivity index (χ3n) is 2.33. The molecule has 0 unspecified atom stereocenters. The molecule has 16 heavy (non-hydrogen) atoms. The Morgan fingerprint density at radius 2 is 2.00 bits per heavy atom. The summed E-state index contributed by atoms with van der Waals surface area (Å²) in [6, 6.07) is 7.55. The van der Waals surface area contributed by atoms with Crippen molar-refractivity contribution in [3.63, 3.8) is 0 Å². The van der Waals surface area contributed by atoms with Crippen LogP contribution in [0.15, 0.2) is 24.3 Å². The molecule has 0 aromatic heterocycles. The van der Waals surface area contributed by atoms with Gasteiger partial charge in [-0.05, 0) is 25.1 Å². The maximum Gasteiger partial charge on any atom is 0.137 e. The minimum absolute atomic E-state index is 0.663. The van der Waals surface area contributed by atoms with Gasteiger partial charge < -0.3 is 10.1 Å². The average molecular weight is 242 g/mol. The van der Waals surface area contributed by atoms with E-state index < -0.39 is 0 Å². The first-order valence-electron chi connectivity index (χ1n) is 5.92. The first kappa shape index (κ1) is 13.3. The molecule has 1 rings (SSSR count). The predicted molar refractivity (Wildman–Crippen MR) is 69.3 cm³/mol. The second kappa shape index (κ2) is 8.43. The molecule has 0 aliphatic rings. The number of ether oxygens (including phenoxy) is 1. The summed E-state index contributed by atoms with van der Waals surface area (Å²) in [6.45, 7) is 4.81. The molecule has 0 aliphatic carbocycles. The first-order chi connectivity index (χ1) is 7.84. The van der Waals surface area contributed by atoms with Crippen LogP contribution in [0.4, 0.5) is 0 Å². The average Bonchev–Trinajstić information content (AvgIpc) is 2.30. The van der Waals surface area contributed by atoms with Gasteiger partial charge in [-0.15, -0.1) is 0 Å². The highest BCUT2D eigenvalue weighted by molar-refractivity contribution is 6.32. The fourth-order valence-corrected chi connectivity index (χ4v) is 1.61. The van der Waals surface area contributed by atoms with Gasteiger partial charge in [-0.1, -0.05) is 43.5 Å². The van der Waals surface area contributed by atoms with Crippen LogP contribution in [0.25, 0.3) is 0 Å². The Hall–Kier alpha value is -0.730. The molecule has 0 saturated heterocycles. The standard InChI is InChI=1S/C13H20ClNO/c1-2-3-6-9-15-10-11-16-13-8-5-4-7-12(13)14/h4-5,7-8,15H,2-3,6,9-11H2,1H3. The monoisotopic (exact) mass is 241 g/mol. The third-order valence-corrected chi connectivity index (χ3v) is 2.64. The van der Waals surface area contributed by atoms with Crippen molar-refractivity contribution in [2.45, 2.75) is 26.2 Å². The van der Waals surface area contributed by atoms with Crippen LogP contribution in [0.5, 0.6) is 5.75 Å². The molecule has 0 amide bonds. The van der Waals surface area contributed by atoms with E-state index in [1.54, 1.807) is 0 Å². The molecule has 0 bridgehead atoms. The Balaban J connectivity index is 2.05. The highest BCUT2D eigenvalue weighted by Crippen LogP contribution is 2.22. The van der Waals surface area contributed by atoms with Crippen LogP contribution in [0.1, 0.15) is 26.2 Å². The molecule has 2 nitrogen and oxygen atoms in total. The zero-order valence-electron chi connectivity index (χ0n) is 9.84. The lowest BCUT2D eigenvalue weighted by molar-refractivity contribution is 0.314. The van der Waals surface area contributed by atoms with Crippen molar-refractivity contribution in [2.75, 3.05) is 19.7 Å². The van der Waals surface area contributed by atoms with Crippen LogP contribution >= 0.6 is 11.6 Å². The van der Waals surface area contributed by atoms with Gasteiger partial charge >= 0.3 is 0 Å². The van der Waals surface area contributed by atoms with Crippen molar-refractivity contribution < 1.29 is 4.74 Å². The largest absolute Gasteiger partial charge is 0.491 e. The Morgan fingerprint density at radius 1 is 1.19 bits per heavy atom. The van der Waals surface area contributed by atoms with Gasteiger partial charge in [-0.2, -0.15) is 0 Å². The molecule has 0 radical (unpaired) electrons. The van der Waals surface area contributed by atoms with E-state index in [0.29, 0.717) is 11.6 Å². The third kappa shape index (κ3) is 5.38. The molecule has 0 spiro atoms. The number of unbranched alkanes of at least 4 members (excludes halogenated alkanes) is 2. The van der Waals surface area contributed by atoms with Gasteiger partial charge in [0.1, 0.15) is 12.4 Å². The number of benzene rings is 1. The van der Waals surface area contributed by atoms with Crippen LogP contribution in [0.2, 0.25) is 5.02 Å². The summed E-state index contributed by atoms with van der Waals surface area (Å²) in [4.78, 5) is 0. The zero-order chi connectivity index (χ0) is 11.6. The van der Waals surface area contributed by atoms with Gasteiger partial charge in [0.15, 0.2) is 0 Å². The molecular formula is C13H20ClNO. The minimum atomic E-state index is 0.663. The van der Waals surface area contributed by atoms with Crippen LogP contribution in [-0.4, -0.2) is 19.7 Å². The molecule has 0 saturated carbocycles. The van der Waals surface area contributed by atoms with Gasteiger partial charge in [0.05, 0.1) is 5.02 Å². The van der Waals surface area contributed by atoms with Crippen LogP contribution in [0.3, 0.4) is 0 Å². The number of hydrogen-bond acceptors (Lipinski definition) is 2. The fourth-order valence-electron chi connectivity index (χ4n) is 1.42. The van der Waals surface area contributed by atoms with Gasteiger partial charge in [0, 0.05) is 6.54 Å². The Labute approximate surface area is 103 Å². The Bertz CT molecular complexity index is 291. The summed E-state index contributed by atoms with van der Waals surface area (Å²) in [5.41, 5.74) is 0. The molecule has 0 fully saturated rings. The smallest absolute Gasteiger partial charge is 0.137 e. The topological polar surface area (TPSA) is 21.3 Å². The van der Waals surface area contributed by atoms with E-state index >= 15 is 0 Å². The van der Waals surface area contributed by atoms with Crippen molar-refractivity contribution in [3.05, 3.63) is 29.3 Å². The van der Waals surface area contributed by atoms with Crippen molar-refractivity contribution in [1.82, 2.24) is 5.32 Å². The predicted octanol–water partition coefficient (Wildman–Crippen LogP) is 3.50. The second-order valence-electron chi connectivity index (χ2n) is 3.74. The molecule has 1 N–H and O–H groups in total. The van der Waals surface area contributed by atoms with Crippen molar-refractivity contribution in [1.29, 1.82) is 0 Å². The normalized spacial score (nSPS) is 10.4.